The fraction of sp³-hybridized carbons (Fsp3) is 0.333. The summed E-state index contributed by atoms with van der Waals surface area (Å²) in [6, 6.07) is 7.33. The van der Waals surface area contributed by atoms with Gasteiger partial charge in [-0.2, -0.15) is 0 Å². The van der Waals surface area contributed by atoms with Crippen molar-refractivity contribution in [3.05, 3.63) is 36.2 Å². The molecule has 1 aromatic heterocycles. The number of anilines is 1. The van der Waals surface area contributed by atoms with Gasteiger partial charge in [0.25, 0.3) is 0 Å². The number of carbonyl (C=O) groups excluding carboxylic acids is 1. The molecule has 0 aliphatic rings. The Bertz CT molecular complexity index is 573. The van der Waals surface area contributed by atoms with Crippen molar-refractivity contribution in [2.45, 2.75) is 19.8 Å². The maximum atomic E-state index is 11.4. The van der Waals surface area contributed by atoms with Crippen LogP contribution in [0.4, 0.5) is 5.69 Å². The van der Waals surface area contributed by atoms with E-state index >= 15 is 0 Å². The molecule has 1 aromatic carbocycles. The summed E-state index contributed by atoms with van der Waals surface area (Å²) in [5.41, 5.74) is 1.59. The Balaban J connectivity index is 2.09. The summed E-state index contributed by atoms with van der Waals surface area (Å²) in [6.45, 7) is 4.15. The van der Waals surface area contributed by atoms with E-state index in [1.54, 1.807) is 6.20 Å². The van der Waals surface area contributed by atoms with Crippen molar-refractivity contribution in [3.63, 3.8) is 0 Å². The molecule has 0 radical (unpaired) electrons. The highest BCUT2D eigenvalue weighted by atomic mass is 16.5. The van der Waals surface area contributed by atoms with Crippen LogP contribution in [0.2, 0.25) is 0 Å². The highest BCUT2D eigenvalue weighted by Crippen LogP contribution is 2.24. The lowest BCUT2D eigenvalue weighted by molar-refractivity contribution is -0.119. The first-order valence-electron chi connectivity index (χ1n) is 6.45. The summed E-state index contributed by atoms with van der Waals surface area (Å²) in [5, 5.41) is 2.73. The average Bonchev–Trinajstić information content (AvgIpc) is 2.89. The minimum Gasteiger partial charge on any atom is -0.441 e. The van der Waals surface area contributed by atoms with Crippen molar-refractivity contribution in [1.82, 2.24) is 4.98 Å². The van der Waals surface area contributed by atoms with E-state index in [1.807, 2.05) is 24.3 Å². The number of methoxy groups -OCH3 is 1. The van der Waals surface area contributed by atoms with Gasteiger partial charge in [0, 0.05) is 24.3 Å². The van der Waals surface area contributed by atoms with E-state index in [0.717, 1.165) is 11.3 Å². The zero-order valence-corrected chi connectivity index (χ0v) is 11.8. The maximum Gasteiger partial charge on any atom is 0.250 e. The fourth-order valence-electron chi connectivity index (χ4n) is 1.71. The Hall–Kier alpha value is -2.14. The minimum atomic E-state index is -0.182. The summed E-state index contributed by atoms with van der Waals surface area (Å²) in [4.78, 5) is 15.6. The van der Waals surface area contributed by atoms with E-state index in [9.17, 15) is 4.79 Å². The molecule has 2 rings (SSSR count). The lowest BCUT2D eigenvalue weighted by Gasteiger charge is -2.04. The molecule has 20 heavy (non-hydrogen) atoms. The zero-order chi connectivity index (χ0) is 14.5. The number of nitrogens with zero attached hydrogens (tertiary/aromatic N) is 1. The van der Waals surface area contributed by atoms with Crippen LogP contribution in [0.3, 0.4) is 0 Å². The smallest absolute Gasteiger partial charge is 0.250 e. The SMILES string of the molecule is COCC(=O)Nc1ccc(-c2ncc(C(C)C)o2)cc1. The summed E-state index contributed by atoms with van der Waals surface area (Å²) < 4.78 is 10.4. The van der Waals surface area contributed by atoms with Crippen molar-refractivity contribution < 1.29 is 13.9 Å². The van der Waals surface area contributed by atoms with E-state index in [0.29, 0.717) is 17.5 Å². The van der Waals surface area contributed by atoms with E-state index in [4.69, 9.17) is 9.15 Å². The predicted octanol–water partition coefficient (Wildman–Crippen LogP) is 3.05. The Kier molecular flexibility index (Phi) is 4.53. The van der Waals surface area contributed by atoms with E-state index in [1.165, 1.54) is 7.11 Å². The Labute approximate surface area is 118 Å². The monoisotopic (exact) mass is 274 g/mol. The van der Waals surface area contributed by atoms with E-state index in [2.05, 4.69) is 24.1 Å². The van der Waals surface area contributed by atoms with Gasteiger partial charge in [0.15, 0.2) is 0 Å². The van der Waals surface area contributed by atoms with Gasteiger partial charge < -0.3 is 14.5 Å². The molecule has 0 saturated heterocycles. The molecule has 0 aliphatic carbocycles. The van der Waals surface area contributed by atoms with Crippen LogP contribution in [0.25, 0.3) is 11.5 Å². The highest BCUT2D eigenvalue weighted by Gasteiger charge is 2.09. The second kappa shape index (κ2) is 6.34. The van der Waals surface area contributed by atoms with Crippen LogP contribution in [-0.2, 0) is 9.53 Å². The number of rotatable bonds is 5. The normalized spacial score (nSPS) is 10.8. The Morgan fingerprint density at radius 1 is 1.35 bits per heavy atom. The highest BCUT2D eigenvalue weighted by molar-refractivity contribution is 5.91. The van der Waals surface area contributed by atoms with Gasteiger partial charge in [-0.3, -0.25) is 4.79 Å². The summed E-state index contributed by atoms with van der Waals surface area (Å²) in [7, 11) is 1.48. The third-order valence-electron chi connectivity index (χ3n) is 2.78. The third-order valence-corrected chi connectivity index (χ3v) is 2.78. The van der Waals surface area contributed by atoms with Gasteiger partial charge in [-0.15, -0.1) is 0 Å². The van der Waals surface area contributed by atoms with Crippen LogP contribution in [0, 0.1) is 0 Å². The number of nitrogens with one attached hydrogen (secondary N) is 1. The number of hydrogen-bond acceptors (Lipinski definition) is 4. The second-order valence-electron chi connectivity index (χ2n) is 4.78. The molecule has 5 heteroatoms. The van der Waals surface area contributed by atoms with Crippen molar-refractivity contribution in [2.24, 2.45) is 0 Å². The lowest BCUT2D eigenvalue weighted by Crippen LogP contribution is -2.16. The number of carbonyl (C=O) groups is 1. The van der Waals surface area contributed by atoms with Gasteiger partial charge >= 0.3 is 0 Å². The molecule has 0 bridgehead atoms. The quantitative estimate of drug-likeness (QED) is 0.910. The number of amides is 1. The van der Waals surface area contributed by atoms with Crippen LogP contribution in [-0.4, -0.2) is 24.6 Å². The molecule has 1 heterocycles. The van der Waals surface area contributed by atoms with Gasteiger partial charge in [0.2, 0.25) is 11.8 Å². The maximum absolute atomic E-state index is 11.4. The Morgan fingerprint density at radius 3 is 2.60 bits per heavy atom. The molecule has 1 amide bonds. The van der Waals surface area contributed by atoms with E-state index < -0.39 is 0 Å². The van der Waals surface area contributed by atoms with Gasteiger partial charge in [0.1, 0.15) is 12.4 Å². The molecule has 106 valence electrons. The molecule has 1 N–H and O–H groups in total. The largest absolute Gasteiger partial charge is 0.441 e. The van der Waals surface area contributed by atoms with Crippen LogP contribution in [0.1, 0.15) is 25.5 Å². The van der Waals surface area contributed by atoms with Crippen molar-refractivity contribution in [2.75, 3.05) is 19.0 Å². The van der Waals surface area contributed by atoms with Crippen molar-refractivity contribution in [1.29, 1.82) is 0 Å². The van der Waals surface area contributed by atoms with E-state index in [-0.39, 0.29) is 12.5 Å². The summed E-state index contributed by atoms with van der Waals surface area (Å²) >= 11 is 0. The number of ether oxygens (including phenoxy) is 1. The van der Waals surface area contributed by atoms with Gasteiger partial charge in [-0.1, -0.05) is 13.8 Å². The van der Waals surface area contributed by atoms with Crippen LogP contribution >= 0.6 is 0 Å². The molecular formula is C15H18N2O3. The van der Waals surface area contributed by atoms with Crippen LogP contribution in [0.5, 0.6) is 0 Å². The molecule has 5 nitrogen and oxygen atoms in total. The van der Waals surface area contributed by atoms with Crippen LogP contribution in [0.15, 0.2) is 34.9 Å². The molecule has 0 spiro atoms. The molecular weight excluding hydrogens is 256 g/mol. The van der Waals surface area contributed by atoms with Crippen molar-refractivity contribution in [3.8, 4) is 11.5 Å². The second-order valence-corrected chi connectivity index (χ2v) is 4.78. The molecule has 2 aromatic rings. The van der Waals surface area contributed by atoms with Crippen molar-refractivity contribution >= 4 is 11.6 Å². The summed E-state index contributed by atoms with van der Waals surface area (Å²) in [6.07, 6.45) is 1.74. The minimum absolute atomic E-state index is 0.0409. The number of benzene rings is 1. The topological polar surface area (TPSA) is 64.4 Å². The molecule has 0 atom stereocenters. The number of oxazole rings is 1. The van der Waals surface area contributed by atoms with Gasteiger partial charge in [0.05, 0.1) is 6.20 Å². The lowest BCUT2D eigenvalue weighted by atomic mass is 10.2. The molecule has 0 unspecified atom stereocenters. The first kappa shape index (κ1) is 14.3. The van der Waals surface area contributed by atoms with Crippen LogP contribution < -0.4 is 5.32 Å². The zero-order valence-electron chi connectivity index (χ0n) is 11.8. The number of aromatic nitrogens is 1. The molecule has 0 fully saturated rings. The molecule has 0 aliphatic heterocycles. The third kappa shape index (κ3) is 3.45. The predicted molar refractivity (Wildman–Crippen MR) is 76.5 cm³/mol. The number of hydrogen-bond donors (Lipinski definition) is 1. The summed E-state index contributed by atoms with van der Waals surface area (Å²) in [5.74, 6) is 1.57. The standard InChI is InChI=1S/C15H18N2O3/c1-10(2)13-8-16-15(20-13)11-4-6-12(7-5-11)17-14(18)9-19-3/h4-8,10H,9H2,1-3H3,(H,17,18). The average molecular weight is 274 g/mol. The van der Waals surface area contributed by atoms with Gasteiger partial charge in [-0.05, 0) is 24.3 Å². The molecule has 0 saturated carbocycles. The first-order chi connectivity index (χ1) is 9.60. The Morgan fingerprint density at radius 2 is 2.05 bits per heavy atom. The van der Waals surface area contributed by atoms with Gasteiger partial charge in [-0.25, -0.2) is 4.98 Å². The fourth-order valence-corrected chi connectivity index (χ4v) is 1.71. The first-order valence-corrected chi connectivity index (χ1v) is 6.45.